The van der Waals surface area contributed by atoms with Crippen molar-refractivity contribution in [2.75, 3.05) is 0 Å². The van der Waals surface area contributed by atoms with Crippen molar-refractivity contribution < 1.29 is 0 Å². The molecule has 0 N–H and O–H groups in total. The Morgan fingerprint density at radius 2 is 1.80 bits per heavy atom. The Labute approximate surface area is 93.1 Å². The number of hydrogen-bond acceptors (Lipinski definition) is 0. The van der Waals surface area contributed by atoms with E-state index in [0.29, 0.717) is 0 Å². The van der Waals surface area contributed by atoms with Crippen LogP contribution in [0.25, 0.3) is 0 Å². The summed E-state index contributed by atoms with van der Waals surface area (Å²) in [7, 11) is 0. The minimum absolute atomic E-state index is 0.255. The molecule has 0 bridgehead atoms. The molecule has 0 heterocycles. The summed E-state index contributed by atoms with van der Waals surface area (Å²) in [5.41, 5.74) is 1.88. The van der Waals surface area contributed by atoms with Crippen LogP contribution in [0.1, 0.15) is 39.0 Å². The molecule has 0 nitrogen and oxygen atoms in total. The molecule has 0 aromatic rings. The predicted molar refractivity (Wildman–Crippen MR) is 66.7 cm³/mol. The number of allylic oxidation sites excluding steroid dienone is 8. The van der Waals surface area contributed by atoms with Crippen molar-refractivity contribution >= 4 is 0 Å². The van der Waals surface area contributed by atoms with Gasteiger partial charge in [0.2, 0.25) is 0 Å². The van der Waals surface area contributed by atoms with Crippen molar-refractivity contribution in [3.05, 3.63) is 48.1 Å². The highest BCUT2D eigenvalue weighted by Gasteiger charge is 2.27. The summed E-state index contributed by atoms with van der Waals surface area (Å²) >= 11 is 0. The SMILES string of the molecule is CCC1(/C2=C/CC/C=C\CC2)C=CC=C1. The molecule has 80 valence electrons. The van der Waals surface area contributed by atoms with E-state index in [9.17, 15) is 0 Å². The molecular weight excluding hydrogens is 180 g/mol. The molecule has 0 aromatic carbocycles. The van der Waals surface area contributed by atoms with E-state index in [0.717, 1.165) is 0 Å². The first kappa shape index (κ1) is 10.5. The average molecular weight is 200 g/mol. The lowest BCUT2D eigenvalue weighted by Crippen LogP contribution is -2.15. The average Bonchev–Trinajstić information content (AvgIpc) is 2.67. The van der Waals surface area contributed by atoms with Crippen LogP contribution in [0.3, 0.4) is 0 Å². The van der Waals surface area contributed by atoms with Crippen LogP contribution < -0.4 is 0 Å². The molecule has 2 aliphatic rings. The lowest BCUT2D eigenvalue weighted by atomic mass is 9.76. The summed E-state index contributed by atoms with van der Waals surface area (Å²) in [6, 6.07) is 0. The van der Waals surface area contributed by atoms with Gasteiger partial charge >= 0.3 is 0 Å². The maximum atomic E-state index is 2.47. The van der Waals surface area contributed by atoms with Gasteiger partial charge in [0.15, 0.2) is 0 Å². The fraction of sp³-hybridized carbons (Fsp3) is 0.467. The quantitative estimate of drug-likeness (QED) is 0.573. The largest absolute Gasteiger partial charge is 0.0882 e. The second kappa shape index (κ2) is 4.65. The molecule has 0 aromatic heterocycles. The van der Waals surface area contributed by atoms with Crippen LogP contribution in [0.2, 0.25) is 0 Å². The summed E-state index contributed by atoms with van der Waals surface area (Å²) in [6.07, 6.45) is 22.2. The monoisotopic (exact) mass is 200 g/mol. The van der Waals surface area contributed by atoms with Gasteiger partial charge in [0.25, 0.3) is 0 Å². The zero-order valence-electron chi connectivity index (χ0n) is 9.58. The molecule has 0 aliphatic heterocycles. The van der Waals surface area contributed by atoms with Crippen molar-refractivity contribution in [2.24, 2.45) is 5.41 Å². The minimum Gasteiger partial charge on any atom is -0.0882 e. The van der Waals surface area contributed by atoms with Crippen LogP contribution in [0.4, 0.5) is 0 Å². The Morgan fingerprint density at radius 3 is 2.53 bits per heavy atom. The van der Waals surface area contributed by atoms with E-state index in [4.69, 9.17) is 0 Å². The number of hydrogen-bond donors (Lipinski definition) is 0. The molecule has 2 rings (SSSR count). The molecule has 0 saturated heterocycles. The zero-order chi connectivity index (χ0) is 10.6. The molecule has 0 heteroatoms. The molecule has 0 fully saturated rings. The minimum atomic E-state index is 0.255. The van der Waals surface area contributed by atoms with Gasteiger partial charge < -0.3 is 0 Å². The first-order chi connectivity index (χ1) is 7.37. The van der Waals surface area contributed by atoms with Crippen LogP contribution in [0.15, 0.2) is 48.1 Å². The predicted octanol–water partition coefficient (Wildman–Crippen LogP) is 4.57. The zero-order valence-corrected chi connectivity index (χ0v) is 9.58. The number of rotatable bonds is 2. The summed E-state index contributed by atoms with van der Waals surface area (Å²) in [4.78, 5) is 0. The van der Waals surface area contributed by atoms with Gasteiger partial charge in [-0.1, -0.05) is 55.0 Å². The van der Waals surface area contributed by atoms with Gasteiger partial charge in [-0.2, -0.15) is 0 Å². The van der Waals surface area contributed by atoms with E-state index in [-0.39, 0.29) is 5.41 Å². The second-order valence-corrected chi connectivity index (χ2v) is 4.43. The topological polar surface area (TPSA) is 0 Å². The fourth-order valence-electron chi connectivity index (χ4n) is 2.54. The van der Waals surface area contributed by atoms with E-state index in [2.05, 4.69) is 49.5 Å². The summed E-state index contributed by atoms with van der Waals surface area (Å²) < 4.78 is 0. The van der Waals surface area contributed by atoms with Gasteiger partial charge in [-0.15, -0.1) is 0 Å². The molecular formula is C15H20. The Morgan fingerprint density at radius 1 is 1.07 bits per heavy atom. The highest BCUT2D eigenvalue weighted by molar-refractivity contribution is 5.37. The van der Waals surface area contributed by atoms with Crippen LogP contribution in [0.5, 0.6) is 0 Å². The summed E-state index contributed by atoms with van der Waals surface area (Å²) in [6.45, 7) is 2.29. The maximum absolute atomic E-state index is 2.47. The highest BCUT2D eigenvalue weighted by atomic mass is 14.3. The third-order valence-electron chi connectivity index (χ3n) is 3.55. The van der Waals surface area contributed by atoms with Gasteiger partial charge in [-0.3, -0.25) is 0 Å². The van der Waals surface area contributed by atoms with E-state index in [1.165, 1.54) is 32.1 Å². The van der Waals surface area contributed by atoms with E-state index < -0.39 is 0 Å². The molecule has 0 spiro atoms. The third kappa shape index (κ3) is 2.14. The highest BCUT2D eigenvalue weighted by Crippen LogP contribution is 2.40. The third-order valence-corrected chi connectivity index (χ3v) is 3.55. The summed E-state index contributed by atoms with van der Waals surface area (Å²) in [5, 5.41) is 0. The van der Waals surface area contributed by atoms with Gasteiger partial charge in [0.1, 0.15) is 0 Å². The lowest BCUT2D eigenvalue weighted by molar-refractivity contribution is 0.541. The van der Waals surface area contributed by atoms with Gasteiger partial charge in [-0.05, 0) is 32.1 Å². The van der Waals surface area contributed by atoms with Crippen molar-refractivity contribution in [3.8, 4) is 0 Å². The van der Waals surface area contributed by atoms with E-state index in [1.807, 2.05) is 0 Å². The molecule has 0 saturated carbocycles. The standard InChI is InChI=1S/C15H20/c1-2-15(12-8-9-13-15)14-10-6-4-3-5-7-11-14/h3-4,8-9,11-13H,2,5-7,10H2,1H3/b4-3-,14-11+. The molecule has 2 aliphatic carbocycles. The molecule has 0 amide bonds. The van der Waals surface area contributed by atoms with Crippen LogP contribution in [0, 0.1) is 5.41 Å². The Bertz CT molecular complexity index is 314. The normalized spacial score (nSPS) is 29.3. The van der Waals surface area contributed by atoms with Gasteiger partial charge in [-0.25, -0.2) is 0 Å². The first-order valence-electron chi connectivity index (χ1n) is 6.09. The molecule has 0 atom stereocenters. The van der Waals surface area contributed by atoms with Crippen LogP contribution in [-0.2, 0) is 0 Å². The molecule has 0 radical (unpaired) electrons. The van der Waals surface area contributed by atoms with E-state index >= 15 is 0 Å². The van der Waals surface area contributed by atoms with E-state index in [1.54, 1.807) is 5.57 Å². The molecule has 0 unspecified atom stereocenters. The Kier molecular flexibility index (Phi) is 3.25. The van der Waals surface area contributed by atoms with Crippen LogP contribution in [-0.4, -0.2) is 0 Å². The van der Waals surface area contributed by atoms with Crippen molar-refractivity contribution in [3.63, 3.8) is 0 Å². The van der Waals surface area contributed by atoms with Gasteiger partial charge in [0.05, 0.1) is 0 Å². The Hall–Kier alpha value is -1.04. The summed E-state index contributed by atoms with van der Waals surface area (Å²) in [5.74, 6) is 0. The lowest BCUT2D eigenvalue weighted by Gasteiger charge is -2.28. The Balaban J connectivity index is 2.20. The molecule has 15 heavy (non-hydrogen) atoms. The smallest absolute Gasteiger partial charge is 0.0274 e. The van der Waals surface area contributed by atoms with Crippen molar-refractivity contribution in [2.45, 2.75) is 39.0 Å². The van der Waals surface area contributed by atoms with Gasteiger partial charge in [0, 0.05) is 5.41 Å². The second-order valence-electron chi connectivity index (χ2n) is 4.43. The fourth-order valence-corrected chi connectivity index (χ4v) is 2.54. The van der Waals surface area contributed by atoms with Crippen molar-refractivity contribution in [1.29, 1.82) is 0 Å². The van der Waals surface area contributed by atoms with Crippen LogP contribution >= 0.6 is 0 Å². The first-order valence-corrected chi connectivity index (χ1v) is 6.09. The van der Waals surface area contributed by atoms with Crippen molar-refractivity contribution in [1.82, 2.24) is 0 Å². The maximum Gasteiger partial charge on any atom is 0.0274 e.